The van der Waals surface area contributed by atoms with E-state index in [-0.39, 0.29) is 0 Å². The number of nitrogens with two attached hydrogens (primary N) is 1. The van der Waals surface area contributed by atoms with Gasteiger partial charge in [0.25, 0.3) is 0 Å². The highest BCUT2D eigenvalue weighted by atomic mass is 16.6. The van der Waals surface area contributed by atoms with Gasteiger partial charge in [-0.05, 0) is 12.5 Å². The van der Waals surface area contributed by atoms with Gasteiger partial charge < -0.3 is 4.84 Å². The van der Waals surface area contributed by atoms with E-state index < -0.39 is 0 Å². The molecule has 0 aliphatic carbocycles. The Morgan fingerprint density at radius 3 is 2.00 bits per heavy atom. The van der Waals surface area contributed by atoms with Crippen LogP contribution in [-0.2, 0) is 4.84 Å². The molecule has 0 aromatic rings. The lowest BCUT2D eigenvalue weighted by Gasteiger charge is -1.97. The summed E-state index contributed by atoms with van der Waals surface area (Å²) in [4.78, 5) is 4.22. The normalized spacial score (nSPS) is 7.71. The van der Waals surface area contributed by atoms with Gasteiger partial charge in [-0.15, -0.1) is 0 Å². The van der Waals surface area contributed by atoms with Crippen molar-refractivity contribution in [1.29, 1.82) is 0 Å². The molecular formula is C5H9NO. The molecule has 0 amide bonds. The second-order valence-corrected chi connectivity index (χ2v) is 1.32. The second-order valence-electron chi connectivity index (χ2n) is 1.32. The maximum Gasteiger partial charge on any atom is 0.141 e. The molecule has 40 valence electrons. The maximum absolute atomic E-state index is 4.71. The SMILES string of the molecule is C=C(C)C(=C)ON. The third kappa shape index (κ3) is 2.00. The van der Waals surface area contributed by atoms with E-state index in [1.54, 1.807) is 6.92 Å². The molecule has 2 nitrogen and oxygen atoms in total. The topological polar surface area (TPSA) is 35.2 Å². The lowest BCUT2D eigenvalue weighted by molar-refractivity contribution is 0.231. The molecule has 0 fully saturated rings. The van der Waals surface area contributed by atoms with Crippen molar-refractivity contribution in [3.05, 3.63) is 24.5 Å². The van der Waals surface area contributed by atoms with Crippen molar-refractivity contribution in [2.24, 2.45) is 5.90 Å². The largest absolute Gasteiger partial charge is 0.412 e. The van der Waals surface area contributed by atoms with E-state index in [1.807, 2.05) is 0 Å². The zero-order valence-corrected chi connectivity index (χ0v) is 4.40. The van der Waals surface area contributed by atoms with Crippen molar-refractivity contribution in [2.45, 2.75) is 6.92 Å². The molecule has 0 spiro atoms. The molecular weight excluding hydrogens is 90.1 g/mol. The molecule has 0 unspecified atom stereocenters. The van der Waals surface area contributed by atoms with Crippen LogP contribution in [0.5, 0.6) is 0 Å². The molecule has 0 heterocycles. The minimum atomic E-state index is 0.431. The third-order valence-electron chi connectivity index (χ3n) is 0.618. The summed E-state index contributed by atoms with van der Waals surface area (Å²) in [6, 6.07) is 0. The Hall–Kier alpha value is -0.760. The number of allylic oxidation sites excluding steroid dienone is 1. The van der Waals surface area contributed by atoms with Gasteiger partial charge in [0.05, 0.1) is 0 Å². The molecule has 0 aromatic heterocycles. The quantitative estimate of drug-likeness (QED) is 0.318. The van der Waals surface area contributed by atoms with Gasteiger partial charge >= 0.3 is 0 Å². The fourth-order valence-corrected chi connectivity index (χ4v) is 0.101. The molecule has 2 N–H and O–H groups in total. The van der Waals surface area contributed by atoms with Crippen LogP contribution < -0.4 is 5.90 Å². The molecule has 0 aromatic carbocycles. The van der Waals surface area contributed by atoms with Crippen LogP contribution in [0.15, 0.2) is 24.5 Å². The highest BCUT2D eigenvalue weighted by Crippen LogP contribution is 1.99. The maximum atomic E-state index is 4.71. The summed E-state index contributed by atoms with van der Waals surface area (Å²) in [6.07, 6.45) is 0. The van der Waals surface area contributed by atoms with E-state index in [9.17, 15) is 0 Å². The summed E-state index contributed by atoms with van der Waals surface area (Å²) in [6.45, 7) is 8.72. The number of rotatable bonds is 2. The van der Waals surface area contributed by atoms with Crippen molar-refractivity contribution in [2.75, 3.05) is 0 Å². The Labute approximate surface area is 43.2 Å². The van der Waals surface area contributed by atoms with Crippen LogP contribution in [-0.4, -0.2) is 0 Å². The van der Waals surface area contributed by atoms with Gasteiger partial charge in [-0.1, -0.05) is 13.2 Å². The molecule has 7 heavy (non-hydrogen) atoms. The summed E-state index contributed by atoms with van der Waals surface area (Å²) in [5.74, 6) is 5.14. The first-order chi connectivity index (χ1) is 3.18. The van der Waals surface area contributed by atoms with E-state index in [0.717, 1.165) is 5.57 Å². The van der Waals surface area contributed by atoms with Crippen LogP contribution in [0, 0.1) is 0 Å². The molecule has 0 aliphatic heterocycles. The van der Waals surface area contributed by atoms with Gasteiger partial charge in [0.15, 0.2) is 0 Å². The molecule has 0 radical (unpaired) electrons. The van der Waals surface area contributed by atoms with Crippen molar-refractivity contribution in [1.82, 2.24) is 0 Å². The first-order valence-electron chi connectivity index (χ1n) is 1.90. The molecule has 0 atom stereocenters. The zero-order valence-electron chi connectivity index (χ0n) is 4.40. The van der Waals surface area contributed by atoms with E-state index in [4.69, 9.17) is 5.90 Å². The predicted octanol–water partition coefficient (Wildman–Crippen LogP) is 0.966. The summed E-state index contributed by atoms with van der Waals surface area (Å²) in [7, 11) is 0. The lowest BCUT2D eigenvalue weighted by atomic mass is 10.3. The first kappa shape index (κ1) is 6.24. The van der Waals surface area contributed by atoms with Crippen molar-refractivity contribution in [3.63, 3.8) is 0 Å². The molecule has 0 saturated heterocycles. The zero-order chi connectivity index (χ0) is 5.86. The van der Waals surface area contributed by atoms with E-state index in [0.29, 0.717) is 5.76 Å². The van der Waals surface area contributed by atoms with Crippen molar-refractivity contribution >= 4 is 0 Å². The van der Waals surface area contributed by atoms with Gasteiger partial charge in [0.2, 0.25) is 0 Å². The Balaban J connectivity index is 3.58. The minimum Gasteiger partial charge on any atom is -0.412 e. The van der Waals surface area contributed by atoms with E-state index >= 15 is 0 Å². The first-order valence-corrected chi connectivity index (χ1v) is 1.90. The second kappa shape index (κ2) is 2.42. The van der Waals surface area contributed by atoms with Gasteiger partial charge in [0, 0.05) is 0 Å². The van der Waals surface area contributed by atoms with Crippen LogP contribution in [0.3, 0.4) is 0 Å². The number of hydrogen-bond acceptors (Lipinski definition) is 2. The van der Waals surface area contributed by atoms with Crippen LogP contribution in [0.25, 0.3) is 0 Å². The monoisotopic (exact) mass is 99.1 g/mol. The Morgan fingerprint density at radius 1 is 1.57 bits per heavy atom. The standard InChI is InChI=1S/C5H9NO/c1-4(2)5(3)7-6/h1,3,6H2,2H3. The summed E-state index contributed by atoms with van der Waals surface area (Å²) < 4.78 is 0. The van der Waals surface area contributed by atoms with E-state index in [1.165, 1.54) is 0 Å². The highest BCUT2D eigenvalue weighted by Gasteiger charge is 1.87. The van der Waals surface area contributed by atoms with Crippen molar-refractivity contribution in [3.8, 4) is 0 Å². The Bertz CT molecular complexity index is 96.3. The summed E-state index contributed by atoms with van der Waals surface area (Å²) in [5.41, 5.74) is 0.752. The predicted molar refractivity (Wildman–Crippen MR) is 29.2 cm³/mol. The number of hydrogen-bond donors (Lipinski definition) is 1. The molecule has 0 saturated carbocycles. The fourth-order valence-electron chi connectivity index (χ4n) is 0.101. The average Bonchev–Trinajstić information content (AvgIpc) is 1.65. The van der Waals surface area contributed by atoms with Gasteiger partial charge in [-0.2, -0.15) is 5.90 Å². The molecule has 2 heteroatoms. The van der Waals surface area contributed by atoms with Gasteiger partial charge in [-0.25, -0.2) is 0 Å². The highest BCUT2D eigenvalue weighted by molar-refractivity contribution is 5.15. The Kier molecular flexibility index (Phi) is 2.16. The van der Waals surface area contributed by atoms with E-state index in [2.05, 4.69) is 18.0 Å². The summed E-state index contributed by atoms with van der Waals surface area (Å²) in [5, 5.41) is 0. The van der Waals surface area contributed by atoms with Crippen LogP contribution >= 0.6 is 0 Å². The van der Waals surface area contributed by atoms with Gasteiger partial charge in [0.1, 0.15) is 5.76 Å². The Morgan fingerprint density at radius 2 is 2.00 bits per heavy atom. The fraction of sp³-hybridized carbons (Fsp3) is 0.200. The van der Waals surface area contributed by atoms with Crippen LogP contribution in [0.1, 0.15) is 6.92 Å². The van der Waals surface area contributed by atoms with Crippen LogP contribution in [0.4, 0.5) is 0 Å². The molecule has 0 aliphatic rings. The third-order valence-corrected chi connectivity index (χ3v) is 0.618. The lowest BCUT2D eigenvalue weighted by Crippen LogP contribution is -1.97. The average molecular weight is 99.1 g/mol. The smallest absolute Gasteiger partial charge is 0.141 e. The summed E-state index contributed by atoms with van der Waals surface area (Å²) >= 11 is 0. The van der Waals surface area contributed by atoms with Crippen molar-refractivity contribution < 1.29 is 4.84 Å². The minimum absolute atomic E-state index is 0.431. The molecule has 0 bridgehead atoms. The molecule has 0 rings (SSSR count). The van der Waals surface area contributed by atoms with Gasteiger partial charge in [-0.3, -0.25) is 0 Å². The van der Waals surface area contributed by atoms with Crippen LogP contribution in [0.2, 0.25) is 0 Å².